The standard InChI is InChI=1S/C26H31F2N3O4/c1-14-10-15(2)22(16(3)11-14)30-25(35)29-21-13-20(28)19(27)12-18(21)23(32)31-26(4,24(33)34)17-8-6-5-7-9-17/h10-13,17H,5-9H2,1-4H3,(H,31,32)(H,33,34)(H2,29,30,35)/t26-/m0/s1. The number of carbonyl (C=O) groups is 3. The fourth-order valence-corrected chi connectivity index (χ4v) is 4.80. The number of urea groups is 1. The molecule has 3 rings (SSSR count). The zero-order valence-corrected chi connectivity index (χ0v) is 20.4. The Hall–Kier alpha value is -3.49. The largest absolute Gasteiger partial charge is 0.480 e. The number of carboxylic acids is 1. The number of rotatable bonds is 6. The normalized spacial score (nSPS) is 15.7. The van der Waals surface area contributed by atoms with Crippen molar-refractivity contribution < 1.29 is 28.3 Å². The van der Waals surface area contributed by atoms with Crippen LogP contribution in [-0.4, -0.2) is 28.6 Å². The van der Waals surface area contributed by atoms with Crippen molar-refractivity contribution >= 4 is 29.3 Å². The summed E-state index contributed by atoms with van der Waals surface area (Å²) in [6, 6.07) is 4.38. The Morgan fingerprint density at radius 2 is 1.49 bits per heavy atom. The summed E-state index contributed by atoms with van der Waals surface area (Å²) in [6.07, 6.45) is 3.94. The second-order valence-electron chi connectivity index (χ2n) is 9.46. The van der Waals surface area contributed by atoms with Crippen LogP contribution in [0.4, 0.5) is 25.0 Å². The molecule has 1 atom stereocenters. The number of carbonyl (C=O) groups excluding carboxylic acids is 2. The second-order valence-corrected chi connectivity index (χ2v) is 9.46. The summed E-state index contributed by atoms with van der Waals surface area (Å²) < 4.78 is 28.2. The van der Waals surface area contributed by atoms with Crippen molar-refractivity contribution in [2.45, 2.75) is 65.3 Å². The molecule has 0 spiro atoms. The van der Waals surface area contributed by atoms with Crippen molar-refractivity contribution in [1.82, 2.24) is 5.32 Å². The quantitative estimate of drug-likeness (QED) is 0.420. The first kappa shape index (κ1) is 26.1. The number of amides is 3. The highest BCUT2D eigenvalue weighted by atomic mass is 19.2. The van der Waals surface area contributed by atoms with E-state index in [1.54, 1.807) is 0 Å². The number of benzene rings is 2. The van der Waals surface area contributed by atoms with Crippen molar-refractivity contribution in [2.24, 2.45) is 5.92 Å². The summed E-state index contributed by atoms with van der Waals surface area (Å²) >= 11 is 0. The highest BCUT2D eigenvalue weighted by molar-refractivity contribution is 6.08. The van der Waals surface area contributed by atoms with Gasteiger partial charge in [0, 0.05) is 11.8 Å². The van der Waals surface area contributed by atoms with E-state index in [9.17, 15) is 28.3 Å². The third-order valence-corrected chi connectivity index (χ3v) is 6.71. The Kier molecular flexibility index (Phi) is 7.77. The fraction of sp³-hybridized carbons (Fsp3) is 0.423. The Morgan fingerprint density at radius 1 is 0.914 bits per heavy atom. The first-order chi connectivity index (χ1) is 16.4. The molecule has 0 aromatic heterocycles. The molecule has 1 aliphatic carbocycles. The molecule has 4 N–H and O–H groups in total. The molecule has 0 aliphatic heterocycles. The number of nitrogens with one attached hydrogen (secondary N) is 3. The lowest BCUT2D eigenvalue weighted by Crippen LogP contribution is -2.57. The van der Waals surface area contributed by atoms with Crippen molar-refractivity contribution in [1.29, 1.82) is 0 Å². The SMILES string of the molecule is Cc1cc(C)c(NC(=O)Nc2cc(F)c(F)cc2C(=O)N[C@](C)(C(=O)O)C2CCCCC2)c(C)c1. The minimum atomic E-state index is -1.60. The topological polar surface area (TPSA) is 108 Å². The molecule has 1 saturated carbocycles. The molecule has 0 bridgehead atoms. The van der Waals surface area contributed by atoms with Crippen LogP contribution in [0.3, 0.4) is 0 Å². The molecule has 35 heavy (non-hydrogen) atoms. The van der Waals surface area contributed by atoms with Gasteiger partial charge in [-0.15, -0.1) is 0 Å². The minimum Gasteiger partial charge on any atom is -0.480 e. The van der Waals surface area contributed by atoms with Crippen molar-refractivity contribution in [3.05, 3.63) is 58.2 Å². The number of hydrogen-bond donors (Lipinski definition) is 4. The lowest BCUT2D eigenvalue weighted by Gasteiger charge is -2.37. The molecule has 7 nitrogen and oxygen atoms in total. The number of aryl methyl sites for hydroxylation is 3. The lowest BCUT2D eigenvalue weighted by atomic mass is 9.75. The molecule has 0 radical (unpaired) electrons. The molecule has 0 heterocycles. The van der Waals surface area contributed by atoms with Gasteiger partial charge in [0.1, 0.15) is 5.54 Å². The van der Waals surface area contributed by atoms with Crippen LogP contribution in [0.1, 0.15) is 66.1 Å². The fourth-order valence-electron chi connectivity index (χ4n) is 4.80. The Morgan fingerprint density at radius 3 is 2.06 bits per heavy atom. The van der Waals surface area contributed by atoms with Gasteiger partial charge in [-0.25, -0.2) is 18.4 Å². The van der Waals surface area contributed by atoms with Crippen LogP contribution < -0.4 is 16.0 Å². The number of carboxylic acid groups (broad SMARTS) is 1. The third kappa shape index (κ3) is 5.78. The first-order valence-corrected chi connectivity index (χ1v) is 11.6. The predicted molar refractivity (Wildman–Crippen MR) is 130 cm³/mol. The molecule has 188 valence electrons. The monoisotopic (exact) mass is 487 g/mol. The second kappa shape index (κ2) is 10.4. The van der Waals surface area contributed by atoms with Crippen molar-refractivity contribution in [2.75, 3.05) is 10.6 Å². The van der Waals surface area contributed by atoms with E-state index in [1.807, 2.05) is 32.9 Å². The van der Waals surface area contributed by atoms with Gasteiger partial charge >= 0.3 is 12.0 Å². The van der Waals surface area contributed by atoms with Gasteiger partial charge in [0.15, 0.2) is 11.6 Å². The van der Waals surface area contributed by atoms with Gasteiger partial charge in [0.2, 0.25) is 0 Å². The van der Waals surface area contributed by atoms with Crippen molar-refractivity contribution in [3.63, 3.8) is 0 Å². The van der Waals surface area contributed by atoms with Crippen LogP contribution in [0, 0.1) is 38.3 Å². The molecule has 1 aliphatic rings. The molecular formula is C26H31F2N3O4. The van der Waals surface area contributed by atoms with Gasteiger partial charge in [-0.05, 0) is 63.6 Å². The van der Waals surface area contributed by atoms with Gasteiger partial charge in [-0.1, -0.05) is 37.0 Å². The van der Waals surface area contributed by atoms with E-state index in [1.165, 1.54) is 6.92 Å². The molecule has 9 heteroatoms. The predicted octanol–water partition coefficient (Wildman–Crippen LogP) is 5.69. The lowest BCUT2D eigenvalue weighted by molar-refractivity contribution is -0.146. The van der Waals surface area contributed by atoms with E-state index >= 15 is 0 Å². The maximum Gasteiger partial charge on any atom is 0.329 e. The van der Waals surface area contributed by atoms with E-state index in [0.717, 1.165) is 36.0 Å². The number of halogens is 2. The third-order valence-electron chi connectivity index (χ3n) is 6.71. The average Bonchev–Trinajstić information content (AvgIpc) is 2.78. The van der Waals surface area contributed by atoms with Crippen LogP contribution in [0.2, 0.25) is 0 Å². The summed E-state index contributed by atoms with van der Waals surface area (Å²) in [5, 5.41) is 17.5. The Labute approximate surface area is 203 Å². The van der Waals surface area contributed by atoms with E-state index in [2.05, 4.69) is 16.0 Å². The first-order valence-electron chi connectivity index (χ1n) is 11.6. The van der Waals surface area contributed by atoms with E-state index in [-0.39, 0.29) is 17.2 Å². The highest BCUT2D eigenvalue weighted by Gasteiger charge is 2.43. The smallest absolute Gasteiger partial charge is 0.329 e. The number of hydrogen-bond acceptors (Lipinski definition) is 3. The summed E-state index contributed by atoms with van der Waals surface area (Å²) in [7, 11) is 0. The van der Waals surface area contributed by atoms with Gasteiger partial charge in [-0.2, -0.15) is 0 Å². The summed E-state index contributed by atoms with van der Waals surface area (Å²) in [5.74, 6) is -4.99. The van der Waals surface area contributed by atoms with E-state index in [4.69, 9.17) is 0 Å². The maximum atomic E-state index is 14.1. The minimum absolute atomic E-state index is 0.280. The Bertz CT molecular complexity index is 1140. The van der Waals surface area contributed by atoms with Crippen molar-refractivity contribution in [3.8, 4) is 0 Å². The van der Waals surface area contributed by atoms with Gasteiger partial charge < -0.3 is 21.1 Å². The van der Waals surface area contributed by atoms with E-state index in [0.29, 0.717) is 30.7 Å². The van der Waals surface area contributed by atoms with Crippen LogP contribution in [0.5, 0.6) is 0 Å². The molecule has 0 unspecified atom stereocenters. The number of anilines is 2. The van der Waals surface area contributed by atoms with Crippen LogP contribution >= 0.6 is 0 Å². The molecule has 2 aromatic rings. The maximum absolute atomic E-state index is 14.1. The zero-order chi connectivity index (χ0) is 25.9. The molecular weight excluding hydrogens is 456 g/mol. The van der Waals surface area contributed by atoms with Gasteiger partial charge in [0.25, 0.3) is 5.91 Å². The van der Waals surface area contributed by atoms with Gasteiger partial charge in [0.05, 0.1) is 11.3 Å². The van der Waals surface area contributed by atoms with Crippen LogP contribution in [-0.2, 0) is 4.79 Å². The highest BCUT2D eigenvalue weighted by Crippen LogP contribution is 2.34. The zero-order valence-electron chi connectivity index (χ0n) is 20.4. The van der Waals surface area contributed by atoms with E-state index < -0.39 is 35.1 Å². The number of aliphatic carboxylic acids is 1. The molecule has 2 aromatic carbocycles. The van der Waals surface area contributed by atoms with Crippen LogP contribution in [0.25, 0.3) is 0 Å². The summed E-state index contributed by atoms with van der Waals surface area (Å²) in [6.45, 7) is 6.99. The van der Waals surface area contributed by atoms with Crippen LogP contribution in [0.15, 0.2) is 24.3 Å². The molecule has 1 fully saturated rings. The average molecular weight is 488 g/mol. The summed E-state index contributed by atoms with van der Waals surface area (Å²) in [5.41, 5.74) is 0.939. The summed E-state index contributed by atoms with van der Waals surface area (Å²) in [4.78, 5) is 38.0. The molecule has 0 saturated heterocycles. The molecule has 3 amide bonds. The Balaban J connectivity index is 1.88. The van der Waals surface area contributed by atoms with Gasteiger partial charge in [-0.3, -0.25) is 4.79 Å².